The lowest BCUT2D eigenvalue weighted by atomic mass is 9.66. The van der Waals surface area contributed by atoms with E-state index in [1.165, 1.54) is 12.0 Å². The summed E-state index contributed by atoms with van der Waals surface area (Å²) in [5.41, 5.74) is 2.46. The largest absolute Gasteiger partial charge is 0.454 e. The molecular weight excluding hydrogens is 188 g/mol. The van der Waals surface area contributed by atoms with E-state index in [2.05, 4.69) is 20.8 Å². The molecule has 2 aliphatic rings. The zero-order valence-electron chi connectivity index (χ0n) is 10.1. The van der Waals surface area contributed by atoms with Crippen molar-refractivity contribution in [2.24, 2.45) is 11.3 Å². The molecule has 2 heteroatoms. The van der Waals surface area contributed by atoms with E-state index in [0.717, 1.165) is 18.4 Å². The molecule has 15 heavy (non-hydrogen) atoms. The number of rotatable bonds is 1. The minimum absolute atomic E-state index is 0.0821. The van der Waals surface area contributed by atoms with Gasteiger partial charge in [-0.2, -0.15) is 0 Å². The first-order valence-electron chi connectivity index (χ1n) is 5.84. The molecule has 0 bridgehead atoms. The third-order valence-corrected chi connectivity index (χ3v) is 4.44. The molecule has 0 aromatic rings. The maximum atomic E-state index is 11.4. The third kappa shape index (κ3) is 1.60. The van der Waals surface area contributed by atoms with Crippen LogP contribution in [-0.4, -0.2) is 12.1 Å². The van der Waals surface area contributed by atoms with Crippen molar-refractivity contribution in [3.05, 3.63) is 11.1 Å². The van der Waals surface area contributed by atoms with E-state index in [0.29, 0.717) is 11.3 Å². The molecule has 2 unspecified atom stereocenters. The van der Waals surface area contributed by atoms with Crippen molar-refractivity contribution < 1.29 is 9.53 Å². The Bertz CT molecular complexity index is 327. The summed E-state index contributed by atoms with van der Waals surface area (Å²) in [6, 6.07) is 0. The monoisotopic (exact) mass is 208 g/mol. The quantitative estimate of drug-likeness (QED) is 0.619. The van der Waals surface area contributed by atoms with Crippen LogP contribution < -0.4 is 0 Å². The van der Waals surface area contributed by atoms with Crippen LogP contribution in [0.3, 0.4) is 0 Å². The summed E-state index contributed by atoms with van der Waals surface area (Å²) in [6.45, 7) is 8.74. The fraction of sp³-hybridized carbons (Fsp3) is 0.769. The Morgan fingerprint density at radius 3 is 2.73 bits per heavy atom. The number of hydrogen-bond donors (Lipinski definition) is 0. The first kappa shape index (κ1) is 10.7. The van der Waals surface area contributed by atoms with E-state index in [4.69, 9.17) is 4.74 Å². The highest BCUT2D eigenvalue weighted by Crippen LogP contribution is 2.47. The second-order valence-corrected chi connectivity index (χ2v) is 5.56. The van der Waals surface area contributed by atoms with Crippen molar-refractivity contribution in [1.82, 2.24) is 0 Å². The SMILES string of the molecule is CC1=C2CCC(C)(C(C)C)CC2OC1=O. The van der Waals surface area contributed by atoms with Crippen LogP contribution in [0.2, 0.25) is 0 Å². The van der Waals surface area contributed by atoms with Gasteiger partial charge in [-0.1, -0.05) is 20.8 Å². The van der Waals surface area contributed by atoms with Crippen LogP contribution in [0.25, 0.3) is 0 Å². The van der Waals surface area contributed by atoms with Crippen molar-refractivity contribution in [2.45, 2.75) is 53.1 Å². The minimum atomic E-state index is -0.0944. The Morgan fingerprint density at radius 2 is 2.13 bits per heavy atom. The Kier molecular flexibility index (Phi) is 2.40. The summed E-state index contributed by atoms with van der Waals surface area (Å²) < 4.78 is 5.41. The molecule has 1 aliphatic carbocycles. The van der Waals surface area contributed by atoms with Crippen LogP contribution in [0, 0.1) is 11.3 Å². The molecule has 0 spiro atoms. The highest BCUT2D eigenvalue weighted by Gasteiger charge is 2.42. The molecule has 1 fully saturated rings. The van der Waals surface area contributed by atoms with Crippen LogP contribution in [-0.2, 0) is 9.53 Å². The van der Waals surface area contributed by atoms with Crippen LogP contribution in [0.5, 0.6) is 0 Å². The van der Waals surface area contributed by atoms with Crippen molar-refractivity contribution in [1.29, 1.82) is 0 Å². The second-order valence-electron chi connectivity index (χ2n) is 5.56. The molecule has 2 rings (SSSR count). The summed E-state index contributed by atoms with van der Waals surface area (Å²) in [5.74, 6) is 0.557. The molecule has 2 nitrogen and oxygen atoms in total. The van der Waals surface area contributed by atoms with Crippen LogP contribution in [0.4, 0.5) is 0 Å². The lowest BCUT2D eigenvalue weighted by Crippen LogP contribution is -2.34. The van der Waals surface area contributed by atoms with E-state index in [9.17, 15) is 4.79 Å². The van der Waals surface area contributed by atoms with Gasteiger partial charge in [-0.15, -0.1) is 0 Å². The van der Waals surface area contributed by atoms with E-state index in [-0.39, 0.29) is 12.1 Å². The van der Waals surface area contributed by atoms with Gasteiger partial charge in [0.1, 0.15) is 6.10 Å². The Balaban J connectivity index is 2.21. The number of hydrogen-bond acceptors (Lipinski definition) is 2. The van der Waals surface area contributed by atoms with Crippen molar-refractivity contribution in [3.63, 3.8) is 0 Å². The predicted octanol–water partition coefficient (Wildman–Crippen LogP) is 3.07. The van der Waals surface area contributed by atoms with Gasteiger partial charge in [-0.3, -0.25) is 0 Å². The Morgan fingerprint density at radius 1 is 1.47 bits per heavy atom. The van der Waals surface area contributed by atoms with Crippen molar-refractivity contribution in [3.8, 4) is 0 Å². The molecule has 0 aromatic heterocycles. The maximum absolute atomic E-state index is 11.4. The van der Waals surface area contributed by atoms with E-state index < -0.39 is 0 Å². The number of carbonyl (C=O) groups excluding carboxylic acids is 1. The minimum Gasteiger partial charge on any atom is -0.454 e. The molecule has 2 atom stereocenters. The molecule has 0 N–H and O–H groups in total. The van der Waals surface area contributed by atoms with Crippen molar-refractivity contribution >= 4 is 5.97 Å². The Hall–Kier alpha value is -0.790. The van der Waals surface area contributed by atoms with E-state index >= 15 is 0 Å². The summed E-state index contributed by atoms with van der Waals surface area (Å²) in [7, 11) is 0. The Labute approximate surface area is 91.7 Å². The molecule has 0 radical (unpaired) electrons. The van der Waals surface area contributed by atoms with E-state index in [1.807, 2.05) is 6.92 Å². The summed E-state index contributed by atoms with van der Waals surface area (Å²) in [6.07, 6.45) is 3.31. The third-order valence-electron chi connectivity index (χ3n) is 4.44. The summed E-state index contributed by atoms with van der Waals surface area (Å²) >= 11 is 0. The predicted molar refractivity (Wildman–Crippen MR) is 59.4 cm³/mol. The highest BCUT2D eigenvalue weighted by atomic mass is 16.5. The molecule has 0 saturated heterocycles. The number of carbonyl (C=O) groups is 1. The standard InChI is InChI=1S/C13H20O2/c1-8(2)13(4)6-5-10-9(3)12(14)15-11(10)7-13/h8,11H,5-7H2,1-4H3. The molecule has 1 saturated carbocycles. The van der Waals surface area contributed by atoms with Gasteiger partial charge in [-0.05, 0) is 43.1 Å². The first-order chi connectivity index (χ1) is 6.94. The van der Waals surface area contributed by atoms with Gasteiger partial charge in [0, 0.05) is 5.57 Å². The first-order valence-corrected chi connectivity index (χ1v) is 5.84. The van der Waals surface area contributed by atoms with Crippen molar-refractivity contribution in [2.75, 3.05) is 0 Å². The van der Waals surface area contributed by atoms with Gasteiger partial charge in [0.2, 0.25) is 0 Å². The van der Waals surface area contributed by atoms with Gasteiger partial charge in [0.15, 0.2) is 0 Å². The van der Waals surface area contributed by atoms with Crippen LogP contribution >= 0.6 is 0 Å². The maximum Gasteiger partial charge on any atom is 0.334 e. The molecule has 1 heterocycles. The average Bonchev–Trinajstić information content (AvgIpc) is 2.42. The zero-order chi connectivity index (χ0) is 11.2. The number of fused-ring (bicyclic) bond motifs is 1. The van der Waals surface area contributed by atoms with Gasteiger partial charge in [0.25, 0.3) is 0 Å². The lowest BCUT2D eigenvalue weighted by molar-refractivity contribution is -0.141. The second kappa shape index (κ2) is 3.36. The smallest absolute Gasteiger partial charge is 0.334 e. The highest BCUT2D eigenvalue weighted by molar-refractivity contribution is 5.91. The van der Waals surface area contributed by atoms with Gasteiger partial charge < -0.3 is 4.74 Å². The van der Waals surface area contributed by atoms with E-state index in [1.54, 1.807) is 0 Å². The van der Waals surface area contributed by atoms with Gasteiger partial charge in [-0.25, -0.2) is 4.79 Å². The fourth-order valence-corrected chi connectivity index (χ4v) is 2.64. The number of ether oxygens (including phenoxy) is 1. The van der Waals surface area contributed by atoms with Crippen LogP contribution in [0.15, 0.2) is 11.1 Å². The summed E-state index contributed by atoms with van der Waals surface area (Å²) in [4.78, 5) is 11.4. The molecule has 84 valence electrons. The summed E-state index contributed by atoms with van der Waals surface area (Å²) in [5, 5.41) is 0. The lowest BCUT2D eigenvalue weighted by Gasteiger charge is -2.40. The van der Waals surface area contributed by atoms with Gasteiger partial charge >= 0.3 is 5.97 Å². The molecule has 0 amide bonds. The zero-order valence-corrected chi connectivity index (χ0v) is 10.1. The average molecular weight is 208 g/mol. The van der Waals surface area contributed by atoms with Crippen LogP contribution in [0.1, 0.15) is 47.0 Å². The molecular formula is C13H20O2. The number of esters is 1. The molecule has 0 aromatic carbocycles. The van der Waals surface area contributed by atoms with Gasteiger partial charge in [0.05, 0.1) is 0 Å². The molecule has 1 aliphatic heterocycles. The fourth-order valence-electron chi connectivity index (χ4n) is 2.64. The normalized spacial score (nSPS) is 35.8. The topological polar surface area (TPSA) is 26.3 Å².